The van der Waals surface area contributed by atoms with Crippen LogP contribution in [0.25, 0.3) is 0 Å². The first-order chi connectivity index (χ1) is 9.69. The highest BCUT2D eigenvalue weighted by Gasteiger charge is 2.30. The lowest BCUT2D eigenvalue weighted by atomic mass is 10.2. The molecule has 1 atom stereocenters. The highest BCUT2D eigenvalue weighted by atomic mass is 35.5. The Morgan fingerprint density at radius 1 is 1.62 bits per heavy atom. The molecule has 0 aromatic carbocycles. The second-order valence-corrected chi connectivity index (χ2v) is 5.20. The zero-order chi connectivity index (χ0) is 14.1. The van der Waals surface area contributed by atoms with Gasteiger partial charge in [-0.15, -0.1) is 12.4 Å². The summed E-state index contributed by atoms with van der Waals surface area (Å²) >= 11 is 0. The van der Waals surface area contributed by atoms with Crippen LogP contribution < -0.4 is 11.1 Å². The molecule has 0 saturated heterocycles. The van der Waals surface area contributed by atoms with Crippen LogP contribution >= 0.6 is 12.4 Å². The number of carbonyl (C=O) groups is 1. The van der Waals surface area contributed by atoms with Crippen LogP contribution in [-0.4, -0.2) is 15.7 Å². The molecule has 1 amide bonds. The first-order valence-electron chi connectivity index (χ1n) is 6.81. The third-order valence-electron chi connectivity index (χ3n) is 3.72. The number of rotatable bonds is 5. The maximum Gasteiger partial charge on any atom is 0.260 e. The molecule has 3 N–H and O–H groups in total. The Morgan fingerprint density at radius 3 is 3.00 bits per heavy atom. The molecule has 0 radical (unpaired) electrons. The number of hydrogen-bond donors (Lipinski definition) is 2. The zero-order valence-electron chi connectivity index (χ0n) is 11.8. The number of nitrogens with two attached hydrogens (primary N) is 1. The van der Waals surface area contributed by atoms with Gasteiger partial charge in [0.25, 0.3) is 5.91 Å². The van der Waals surface area contributed by atoms with Gasteiger partial charge in [0.1, 0.15) is 17.8 Å². The fourth-order valence-corrected chi connectivity index (χ4v) is 2.31. The topological polar surface area (TPSA) is 86.1 Å². The summed E-state index contributed by atoms with van der Waals surface area (Å²) in [6, 6.07) is 3.77. The van der Waals surface area contributed by atoms with Gasteiger partial charge in [0, 0.05) is 6.07 Å². The average Bonchev–Trinajstić information content (AvgIpc) is 3.01. The fraction of sp³-hybridized carbons (Fsp3) is 0.429. The average molecular weight is 311 g/mol. The predicted molar refractivity (Wildman–Crippen MR) is 81.5 cm³/mol. The van der Waals surface area contributed by atoms with Gasteiger partial charge in [-0.05, 0) is 31.7 Å². The molecule has 0 aliphatic heterocycles. The molecule has 3 rings (SSSR count). The minimum absolute atomic E-state index is 0. The van der Waals surface area contributed by atoms with Crippen molar-refractivity contribution in [2.24, 2.45) is 11.7 Å². The fourth-order valence-electron chi connectivity index (χ4n) is 2.31. The molecule has 1 aliphatic carbocycles. The van der Waals surface area contributed by atoms with Gasteiger partial charge in [-0.2, -0.15) is 5.10 Å². The quantitative estimate of drug-likeness (QED) is 0.888. The van der Waals surface area contributed by atoms with Crippen molar-refractivity contribution in [1.82, 2.24) is 9.78 Å². The minimum atomic E-state index is -0.210. The summed E-state index contributed by atoms with van der Waals surface area (Å²) in [4.78, 5) is 12.1. The Labute approximate surface area is 129 Å². The molecule has 1 unspecified atom stereocenters. The highest BCUT2D eigenvalue weighted by molar-refractivity contribution is 6.03. The maximum atomic E-state index is 12.1. The number of furan rings is 1. The summed E-state index contributed by atoms with van der Waals surface area (Å²) in [5, 5.41) is 7.17. The Balaban J connectivity index is 0.00000161. The summed E-state index contributed by atoms with van der Waals surface area (Å²) in [6.07, 6.45) is 5.59. The third kappa shape index (κ3) is 3.28. The Kier molecular flexibility index (Phi) is 4.69. The Bertz CT molecular complexity index is 618. The van der Waals surface area contributed by atoms with Crippen LogP contribution in [0.15, 0.2) is 29.0 Å². The summed E-state index contributed by atoms with van der Waals surface area (Å²) in [5.74, 6) is 1.77. The lowest BCUT2D eigenvalue weighted by molar-refractivity contribution is 0.102. The third-order valence-corrected chi connectivity index (χ3v) is 3.72. The van der Waals surface area contributed by atoms with Crippen LogP contribution in [0.3, 0.4) is 0 Å². The Hall–Kier alpha value is -1.79. The monoisotopic (exact) mass is 310 g/mol. The molecule has 6 nitrogen and oxygen atoms in total. The molecule has 7 heteroatoms. The first-order valence-corrected chi connectivity index (χ1v) is 6.81. The van der Waals surface area contributed by atoms with E-state index in [0.29, 0.717) is 29.1 Å². The number of nitrogens with one attached hydrogen (secondary N) is 1. The number of anilines is 1. The van der Waals surface area contributed by atoms with E-state index in [2.05, 4.69) is 17.3 Å². The highest BCUT2D eigenvalue weighted by Crippen LogP contribution is 2.40. The van der Waals surface area contributed by atoms with Crippen LogP contribution in [0.4, 0.5) is 5.82 Å². The van der Waals surface area contributed by atoms with Gasteiger partial charge in [-0.1, -0.05) is 0 Å². The second kappa shape index (κ2) is 6.32. The van der Waals surface area contributed by atoms with Gasteiger partial charge in [-0.3, -0.25) is 4.79 Å². The lowest BCUT2D eigenvalue weighted by Crippen LogP contribution is -2.18. The van der Waals surface area contributed by atoms with Crippen LogP contribution in [0.1, 0.15) is 41.9 Å². The summed E-state index contributed by atoms with van der Waals surface area (Å²) < 4.78 is 7.05. The smallest absolute Gasteiger partial charge is 0.260 e. The molecule has 0 spiro atoms. The van der Waals surface area contributed by atoms with Crippen molar-refractivity contribution in [3.63, 3.8) is 0 Å². The van der Waals surface area contributed by atoms with Crippen LogP contribution in [0.2, 0.25) is 0 Å². The van der Waals surface area contributed by atoms with E-state index in [1.54, 1.807) is 18.3 Å². The lowest BCUT2D eigenvalue weighted by Gasteiger charge is -2.15. The molecule has 1 saturated carbocycles. The number of halogens is 1. The van der Waals surface area contributed by atoms with Gasteiger partial charge >= 0.3 is 0 Å². The summed E-state index contributed by atoms with van der Waals surface area (Å²) in [7, 11) is 0. The largest absolute Gasteiger partial charge is 0.467 e. The van der Waals surface area contributed by atoms with E-state index in [1.165, 1.54) is 19.1 Å². The van der Waals surface area contributed by atoms with E-state index in [1.807, 2.05) is 4.68 Å². The molecule has 2 aromatic heterocycles. The van der Waals surface area contributed by atoms with E-state index in [-0.39, 0.29) is 24.9 Å². The molecule has 114 valence electrons. The molecular weight excluding hydrogens is 292 g/mol. The summed E-state index contributed by atoms with van der Waals surface area (Å²) in [5.41, 5.74) is 5.93. The van der Waals surface area contributed by atoms with Crippen molar-refractivity contribution >= 4 is 24.1 Å². The number of nitrogens with zero attached hydrogens (tertiary/aromatic N) is 2. The number of aromatic nitrogens is 2. The number of hydrogen-bond acceptors (Lipinski definition) is 4. The van der Waals surface area contributed by atoms with Gasteiger partial charge in [0.2, 0.25) is 0 Å². The summed E-state index contributed by atoms with van der Waals surface area (Å²) in [6.45, 7) is 2.41. The van der Waals surface area contributed by atoms with Gasteiger partial charge in [0.15, 0.2) is 0 Å². The maximum absolute atomic E-state index is 12.1. The van der Waals surface area contributed by atoms with E-state index in [0.717, 1.165) is 0 Å². The number of carbonyl (C=O) groups excluding carboxylic acids is 1. The van der Waals surface area contributed by atoms with Crippen LogP contribution in [-0.2, 0) is 6.54 Å². The van der Waals surface area contributed by atoms with Crippen molar-refractivity contribution in [2.75, 3.05) is 5.32 Å². The second-order valence-electron chi connectivity index (χ2n) is 5.20. The van der Waals surface area contributed by atoms with Crippen molar-refractivity contribution in [3.8, 4) is 0 Å². The predicted octanol–water partition coefficient (Wildman–Crippen LogP) is 2.58. The number of amides is 1. The molecule has 0 bridgehead atoms. The molecule has 2 aromatic rings. The van der Waals surface area contributed by atoms with Crippen LogP contribution in [0.5, 0.6) is 0 Å². The minimum Gasteiger partial charge on any atom is -0.467 e. The van der Waals surface area contributed by atoms with Crippen LogP contribution in [0, 0.1) is 5.92 Å². The molecule has 1 fully saturated rings. The van der Waals surface area contributed by atoms with E-state index in [9.17, 15) is 4.79 Å². The normalized spacial score (nSPS) is 15.3. The van der Waals surface area contributed by atoms with E-state index >= 15 is 0 Å². The van der Waals surface area contributed by atoms with E-state index < -0.39 is 0 Å². The van der Waals surface area contributed by atoms with Crippen molar-refractivity contribution in [3.05, 3.63) is 35.9 Å². The van der Waals surface area contributed by atoms with Gasteiger partial charge in [0.05, 0.1) is 24.3 Å². The molecule has 2 heterocycles. The molecule has 1 aliphatic rings. The molecular formula is C14H19ClN4O2. The zero-order valence-corrected chi connectivity index (χ0v) is 12.6. The van der Waals surface area contributed by atoms with E-state index in [4.69, 9.17) is 10.2 Å². The standard InChI is InChI=1S/C14H18N4O2.ClH/c1-9(10-2-3-10)18-13(4-5-16-18)17-14(19)11-6-12(7-15)20-8-11;/h4-6,8-10H,2-3,7,15H2,1H3,(H,17,19);1H. The van der Waals surface area contributed by atoms with Crippen molar-refractivity contribution < 1.29 is 9.21 Å². The van der Waals surface area contributed by atoms with Gasteiger partial charge < -0.3 is 15.5 Å². The van der Waals surface area contributed by atoms with Gasteiger partial charge in [-0.25, -0.2) is 4.68 Å². The first kappa shape index (κ1) is 15.6. The van der Waals surface area contributed by atoms with Crippen molar-refractivity contribution in [2.45, 2.75) is 32.4 Å². The van der Waals surface area contributed by atoms with Crippen molar-refractivity contribution in [1.29, 1.82) is 0 Å². The molecule has 21 heavy (non-hydrogen) atoms. The SMILES string of the molecule is CC(C1CC1)n1nccc1NC(=O)c1coc(CN)c1.Cl. The Morgan fingerprint density at radius 2 is 2.38 bits per heavy atom.